The molecule has 0 saturated heterocycles. The largest absolute Gasteiger partial charge is 3.00 e. The van der Waals surface area contributed by atoms with E-state index >= 15 is 0 Å². The maximum atomic E-state index is 11.3. The number of carbonyl (C=O) groups is 3. The summed E-state index contributed by atoms with van der Waals surface area (Å²) in [5.74, 6) is -9.04. The van der Waals surface area contributed by atoms with Gasteiger partial charge in [0.15, 0.2) is 17.3 Å². The van der Waals surface area contributed by atoms with Crippen LogP contribution in [-0.4, -0.2) is 35.9 Å². The van der Waals surface area contributed by atoms with Crippen LogP contribution in [0.5, 0.6) is 0 Å². The molecule has 0 aromatic rings. The Kier molecular flexibility index (Phi) is 18.0. The first kappa shape index (κ1) is 36.7. The van der Waals surface area contributed by atoms with Gasteiger partial charge in [-0.15, -0.1) is 0 Å². The third kappa shape index (κ3) is 24.5. The van der Waals surface area contributed by atoms with Crippen molar-refractivity contribution >= 4 is 17.3 Å². The van der Waals surface area contributed by atoms with Crippen LogP contribution >= 0.6 is 0 Å². The van der Waals surface area contributed by atoms with E-state index in [0.29, 0.717) is 0 Å². The van der Waals surface area contributed by atoms with E-state index in [4.69, 9.17) is 0 Å². The first-order valence-electron chi connectivity index (χ1n) is 6.91. The number of allylic oxidation sites excluding steroid dienone is 6. The van der Waals surface area contributed by atoms with Crippen LogP contribution in [0.1, 0.15) is 20.8 Å². The molecule has 0 heterocycles. The fraction of sp³-hybridized carbons (Fsp3) is 0.400. The van der Waals surface area contributed by atoms with Crippen molar-refractivity contribution in [3.8, 4) is 0 Å². The number of halogens is 9. The molecule has 16 heteroatoms. The van der Waals surface area contributed by atoms with Gasteiger partial charge in [-0.05, 0) is 56.3 Å². The predicted octanol–water partition coefficient (Wildman–Crippen LogP) is 1.15. The monoisotopic (exact) mass is 599 g/mol. The van der Waals surface area contributed by atoms with Gasteiger partial charge in [0.25, 0.3) is 0 Å². The summed E-state index contributed by atoms with van der Waals surface area (Å²) in [7, 11) is 0. The van der Waals surface area contributed by atoms with Crippen LogP contribution < -0.4 is 15.3 Å². The van der Waals surface area contributed by atoms with Gasteiger partial charge >= 0.3 is 60.3 Å². The summed E-state index contributed by atoms with van der Waals surface area (Å²) >= 11 is 0. The molecule has 0 fully saturated rings. The van der Waals surface area contributed by atoms with E-state index in [1.54, 1.807) is 0 Å². The summed E-state index contributed by atoms with van der Waals surface area (Å²) in [4.78, 5) is 29.8. The molecule has 175 valence electrons. The standard InChI is InChI=1S/3C5H5F3O2.Ce/c3*1-3(9)2-4(10)5(6,7)8;/h3*2,10H,1H3;/q;;;+3/p-3/b3*4-2-;. The van der Waals surface area contributed by atoms with Gasteiger partial charge < -0.3 is 15.3 Å². The van der Waals surface area contributed by atoms with Crippen LogP contribution in [0, 0.1) is 41.7 Å². The molecule has 0 aromatic carbocycles. The maximum Gasteiger partial charge on any atom is 3.00 e. The predicted molar refractivity (Wildman–Crippen MR) is 74.5 cm³/mol. The van der Waals surface area contributed by atoms with Gasteiger partial charge in [-0.3, -0.25) is 14.4 Å². The van der Waals surface area contributed by atoms with Crippen molar-refractivity contribution in [3.63, 3.8) is 0 Å². The van der Waals surface area contributed by atoms with Gasteiger partial charge in [0, 0.05) is 0 Å². The third-order valence-corrected chi connectivity index (χ3v) is 1.84. The Balaban J connectivity index is -0.000000174. The Morgan fingerprint density at radius 3 is 0.677 bits per heavy atom. The Bertz CT molecular complexity index is 606. The zero-order valence-corrected chi connectivity index (χ0v) is 18.7. The van der Waals surface area contributed by atoms with Crippen LogP contribution in [0.4, 0.5) is 39.5 Å². The average Bonchev–Trinajstić information content (AvgIpc) is 2.43. The van der Waals surface area contributed by atoms with Crippen LogP contribution in [0.3, 0.4) is 0 Å². The van der Waals surface area contributed by atoms with E-state index in [9.17, 15) is 69.2 Å². The molecule has 31 heavy (non-hydrogen) atoms. The van der Waals surface area contributed by atoms with Crippen LogP contribution in [0.2, 0.25) is 0 Å². The van der Waals surface area contributed by atoms with E-state index in [0.717, 1.165) is 20.8 Å². The molecule has 0 N–H and O–H groups in total. The Morgan fingerprint density at radius 2 is 0.645 bits per heavy atom. The summed E-state index contributed by atoms with van der Waals surface area (Å²) < 4.78 is 101. The summed E-state index contributed by atoms with van der Waals surface area (Å²) in [6.45, 7) is 2.64. The minimum Gasteiger partial charge on any atom is -0.869 e. The molecule has 0 aliphatic heterocycles. The minimum absolute atomic E-state index is 0. The quantitative estimate of drug-likeness (QED) is 0.273. The average molecular weight is 599 g/mol. The van der Waals surface area contributed by atoms with Gasteiger partial charge in [-0.1, -0.05) is 0 Å². The molecular formula is C15H12CeF9O6. The Hall–Kier alpha value is -1.62. The Morgan fingerprint density at radius 1 is 0.516 bits per heavy atom. The molecule has 0 atom stereocenters. The molecule has 0 unspecified atom stereocenters. The van der Waals surface area contributed by atoms with Crippen LogP contribution in [0.15, 0.2) is 35.5 Å². The summed E-state index contributed by atoms with van der Waals surface area (Å²) in [5.41, 5.74) is 0. The fourth-order valence-corrected chi connectivity index (χ4v) is 0.799. The summed E-state index contributed by atoms with van der Waals surface area (Å²) in [6, 6.07) is 0. The smallest absolute Gasteiger partial charge is 0.869 e. The van der Waals surface area contributed by atoms with Gasteiger partial charge in [-0.2, -0.15) is 39.5 Å². The molecule has 0 spiro atoms. The van der Waals surface area contributed by atoms with Crippen molar-refractivity contribution in [2.75, 3.05) is 0 Å². The molecule has 0 aliphatic rings. The first-order chi connectivity index (χ1) is 13.0. The van der Waals surface area contributed by atoms with Crippen molar-refractivity contribution < 1.29 is 111 Å². The normalized spacial score (nSPS) is 13.0. The molecule has 0 bridgehead atoms. The molecule has 0 rings (SSSR count). The minimum atomic E-state index is -4.92. The van der Waals surface area contributed by atoms with Crippen molar-refractivity contribution in [3.05, 3.63) is 35.5 Å². The number of hydrogen-bond donors (Lipinski definition) is 0. The zero-order chi connectivity index (χ0) is 25.1. The SMILES string of the molecule is CC(=O)/C=C(\[O-])C(F)(F)F.CC(=O)/C=C(\[O-])C(F)(F)F.CC(=O)/C=C(\[O-])C(F)(F)F.[Ce+3]. The molecule has 0 amide bonds. The molecule has 0 aromatic heterocycles. The third-order valence-electron chi connectivity index (χ3n) is 1.84. The summed E-state index contributed by atoms with van der Waals surface area (Å²) in [6.07, 6.45) is -14.7. The second-order valence-corrected chi connectivity index (χ2v) is 4.85. The number of rotatable bonds is 3. The van der Waals surface area contributed by atoms with E-state index in [2.05, 4.69) is 0 Å². The number of carbonyl (C=O) groups excluding carboxylic acids is 3. The van der Waals surface area contributed by atoms with Crippen molar-refractivity contribution in [2.45, 2.75) is 39.3 Å². The van der Waals surface area contributed by atoms with E-state index in [-0.39, 0.29) is 60.0 Å². The second-order valence-electron chi connectivity index (χ2n) is 4.85. The van der Waals surface area contributed by atoms with Gasteiger partial charge in [0.2, 0.25) is 0 Å². The second kappa shape index (κ2) is 15.2. The molecule has 0 saturated carbocycles. The molecule has 6 nitrogen and oxygen atoms in total. The molecule has 1 radical (unpaired) electrons. The number of ketones is 3. The van der Waals surface area contributed by atoms with Crippen LogP contribution in [-0.2, 0) is 14.4 Å². The fourth-order valence-electron chi connectivity index (χ4n) is 0.799. The molecular weight excluding hydrogens is 587 g/mol. The van der Waals surface area contributed by atoms with Gasteiger partial charge in [0.1, 0.15) is 0 Å². The van der Waals surface area contributed by atoms with Crippen molar-refractivity contribution in [1.29, 1.82) is 0 Å². The van der Waals surface area contributed by atoms with E-state index in [1.807, 2.05) is 0 Å². The Labute approximate surface area is 202 Å². The first-order valence-corrected chi connectivity index (χ1v) is 6.91. The van der Waals surface area contributed by atoms with E-state index < -0.39 is 53.2 Å². The van der Waals surface area contributed by atoms with Crippen molar-refractivity contribution in [1.82, 2.24) is 0 Å². The number of hydrogen-bond acceptors (Lipinski definition) is 6. The van der Waals surface area contributed by atoms with Gasteiger partial charge in [0.05, 0.1) is 0 Å². The topological polar surface area (TPSA) is 120 Å². The zero-order valence-electron chi connectivity index (χ0n) is 15.6. The van der Waals surface area contributed by atoms with Gasteiger partial charge in [-0.25, -0.2) is 0 Å². The molecule has 0 aliphatic carbocycles. The van der Waals surface area contributed by atoms with E-state index in [1.165, 1.54) is 0 Å². The van der Waals surface area contributed by atoms with Crippen molar-refractivity contribution in [2.24, 2.45) is 0 Å². The maximum absolute atomic E-state index is 11.3. The summed E-state index contributed by atoms with van der Waals surface area (Å²) in [5, 5.41) is 29.6. The van der Waals surface area contributed by atoms with Crippen LogP contribution in [0.25, 0.3) is 0 Å². The number of alkyl halides is 9.